The lowest BCUT2D eigenvalue weighted by molar-refractivity contribution is -0.892. The maximum absolute atomic E-state index is 12.5. The van der Waals surface area contributed by atoms with E-state index in [4.69, 9.17) is 4.74 Å². The lowest BCUT2D eigenvalue weighted by atomic mass is 10.2. The molecule has 0 saturated carbocycles. The molecular weight excluding hydrogens is 364 g/mol. The number of piperazine rings is 1. The number of methoxy groups -OCH3 is 1. The number of carbonyl (C=O) groups excluding carboxylic acids is 1. The van der Waals surface area contributed by atoms with Crippen LogP contribution in [0.25, 0.3) is 0 Å². The van der Waals surface area contributed by atoms with Crippen LogP contribution in [-0.4, -0.2) is 58.8 Å². The number of nitrogens with one attached hydrogen (secondary N) is 2. The van der Waals surface area contributed by atoms with Crippen LogP contribution < -0.4 is 24.8 Å². The fraction of sp³-hybridized carbons (Fsp3) is 0.435. The number of anilines is 3. The first kappa shape index (κ1) is 19.6. The summed E-state index contributed by atoms with van der Waals surface area (Å²) in [5.41, 5.74) is 3.35. The highest BCUT2D eigenvalue weighted by molar-refractivity contribution is 5.91. The third-order valence-corrected chi connectivity index (χ3v) is 5.94. The molecule has 2 heterocycles. The summed E-state index contributed by atoms with van der Waals surface area (Å²) in [5, 5.41) is 3.06. The van der Waals surface area contributed by atoms with Crippen molar-refractivity contribution in [3.05, 3.63) is 48.5 Å². The summed E-state index contributed by atoms with van der Waals surface area (Å²) >= 11 is 0. The van der Waals surface area contributed by atoms with E-state index in [1.165, 1.54) is 29.1 Å². The fourth-order valence-corrected chi connectivity index (χ4v) is 4.21. The standard InChI is InChI=1S/C23H30N4O2/c1-29-22-10-8-21(9-11-22)27-16-14-25(15-17-27)18-23(28)24-19-4-6-20(7-5-19)26-12-2-3-13-26/h4-11H,2-3,12-18H2,1H3,(H,24,28)/p+1. The Morgan fingerprint density at radius 3 is 2.03 bits per heavy atom. The van der Waals surface area contributed by atoms with Crippen molar-refractivity contribution in [1.29, 1.82) is 0 Å². The van der Waals surface area contributed by atoms with Crippen LogP contribution in [0, 0.1) is 0 Å². The van der Waals surface area contributed by atoms with Crippen molar-refractivity contribution in [2.24, 2.45) is 0 Å². The van der Waals surface area contributed by atoms with Crippen LogP contribution in [0.4, 0.5) is 17.1 Å². The van der Waals surface area contributed by atoms with Crippen molar-refractivity contribution in [1.82, 2.24) is 0 Å². The zero-order chi connectivity index (χ0) is 20.1. The predicted molar refractivity (Wildman–Crippen MR) is 117 cm³/mol. The smallest absolute Gasteiger partial charge is 0.279 e. The molecule has 0 radical (unpaired) electrons. The molecule has 0 atom stereocenters. The van der Waals surface area contributed by atoms with Gasteiger partial charge in [0.25, 0.3) is 5.91 Å². The molecule has 2 aliphatic rings. The van der Waals surface area contributed by atoms with Gasteiger partial charge in [0.05, 0.1) is 33.3 Å². The molecule has 6 nitrogen and oxygen atoms in total. The van der Waals surface area contributed by atoms with E-state index in [1.807, 2.05) is 24.3 Å². The van der Waals surface area contributed by atoms with Crippen LogP contribution in [0.1, 0.15) is 12.8 Å². The molecule has 2 fully saturated rings. The van der Waals surface area contributed by atoms with E-state index >= 15 is 0 Å². The fourth-order valence-electron chi connectivity index (χ4n) is 4.21. The van der Waals surface area contributed by atoms with Gasteiger partial charge >= 0.3 is 0 Å². The minimum absolute atomic E-state index is 0.0896. The van der Waals surface area contributed by atoms with E-state index in [1.54, 1.807) is 7.11 Å². The van der Waals surface area contributed by atoms with Crippen molar-refractivity contribution in [3.63, 3.8) is 0 Å². The number of hydrogen-bond acceptors (Lipinski definition) is 4. The van der Waals surface area contributed by atoms with Crippen LogP contribution >= 0.6 is 0 Å². The molecule has 2 aromatic carbocycles. The number of ether oxygens (including phenoxy) is 1. The summed E-state index contributed by atoms with van der Waals surface area (Å²) in [6.07, 6.45) is 2.54. The predicted octanol–water partition coefficient (Wildman–Crippen LogP) is 1.64. The zero-order valence-electron chi connectivity index (χ0n) is 17.2. The molecule has 0 bridgehead atoms. The van der Waals surface area contributed by atoms with E-state index in [9.17, 15) is 4.79 Å². The number of benzene rings is 2. The van der Waals surface area contributed by atoms with Crippen molar-refractivity contribution < 1.29 is 14.4 Å². The van der Waals surface area contributed by atoms with Gasteiger partial charge in [-0.05, 0) is 61.4 Å². The Bertz CT molecular complexity index is 793. The van der Waals surface area contributed by atoms with Gasteiger partial charge in [0.1, 0.15) is 5.75 Å². The maximum atomic E-state index is 12.5. The topological polar surface area (TPSA) is 49.3 Å². The quantitative estimate of drug-likeness (QED) is 0.781. The lowest BCUT2D eigenvalue weighted by Gasteiger charge is -2.33. The van der Waals surface area contributed by atoms with Gasteiger partial charge in [0.2, 0.25) is 0 Å². The Hall–Kier alpha value is -2.73. The Kier molecular flexibility index (Phi) is 6.20. The molecule has 2 aliphatic heterocycles. The lowest BCUT2D eigenvalue weighted by Crippen LogP contribution is -3.15. The zero-order valence-corrected chi connectivity index (χ0v) is 17.2. The summed E-state index contributed by atoms with van der Waals surface area (Å²) in [5.74, 6) is 0.968. The Balaban J connectivity index is 1.23. The third-order valence-electron chi connectivity index (χ3n) is 5.94. The number of amides is 1. The molecular formula is C23H31N4O2+. The molecule has 1 amide bonds. The van der Waals surface area contributed by atoms with Crippen LogP contribution in [0.3, 0.4) is 0 Å². The SMILES string of the molecule is COc1ccc(N2CC[NH+](CC(=O)Nc3ccc(N4CCCC4)cc3)CC2)cc1. The highest BCUT2D eigenvalue weighted by Gasteiger charge is 2.22. The number of nitrogens with zero attached hydrogens (tertiary/aromatic N) is 2. The van der Waals surface area contributed by atoms with Gasteiger partial charge in [-0.25, -0.2) is 0 Å². The van der Waals surface area contributed by atoms with Crippen LogP contribution in [0.2, 0.25) is 0 Å². The van der Waals surface area contributed by atoms with E-state index in [-0.39, 0.29) is 5.91 Å². The van der Waals surface area contributed by atoms with Crippen LogP contribution in [-0.2, 0) is 4.79 Å². The molecule has 4 rings (SSSR count). The molecule has 29 heavy (non-hydrogen) atoms. The molecule has 0 unspecified atom stereocenters. The van der Waals surface area contributed by atoms with Gasteiger partial charge in [0, 0.05) is 30.2 Å². The molecule has 2 N–H and O–H groups in total. The first-order chi connectivity index (χ1) is 14.2. The number of hydrogen-bond donors (Lipinski definition) is 2. The van der Waals surface area contributed by atoms with E-state index in [0.29, 0.717) is 6.54 Å². The maximum Gasteiger partial charge on any atom is 0.279 e. The molecule has 0 spiro atoms. The second kappa shape index (κ2) is 9.18. The van der Waals surface area contributed by atoms with Gasteiger partial charge < -0.3 is 24.8 Å². The highest BCUT2D eigenvalue weighted by atomic mass is 16.5. The average Bonchev–Trinajstić information content (AvgIpc) is 3.30. The average molecular weight is 396 g/mol. The largest absolute Gasteiger partial charge is 0.497 e. The van der Waals surface area contributed by atoms with E-state index in [2.05, 4.69) is 39.4 Å². The first-order valence-electron chi connectivity index (χ1n) is 10.6. The van der Waals surface area contributed by atoms with Crippen molar-refractivity contribution in [3.8, 4) is 5.75 Å². The van der Waals surface area contributed by atoms with Crippen LogP contribution in [0.15, 0.2) is 48.5 Å². The van der Waals surface area contributed by atoms with E-state index in [0.717, 1.165) is 50.7 Å². The summed E-state index contributed by atoms with van der Waals surface area (Å²) in [4.78, 5) is 18.6. The summed E-state index contributed by atoms with van der Waals surface area (Å²) in [7, 11) is 1.68. The minimum atomic E-state index is 0.0896. The van der Waals surface area contributed by atoms with E-state index < -0.39 is 0 Å². The summed E-state index contributed by atoms with van der Waals surface area (Å²) in [6, 6.07) is 16.5. The molecule has 2 aromatic rings. The molecule has 0 aliphatic carbocycles. The highest BCUT2D eigenvalue weighted by Crippen LogP contribution is 2.22. The number of rotatable bonds is 6. The summed E-state index contributed by atoms with van der Waals surface area (Å²) in [6.45, 7) is 6.64. The monoisotopic (exact) mass is 395 g/mol. The number of carbonyl (C=O) groups is 1. The number of quaternary nitrogens is 1. The first-order valence-corrected chi connectivity index (χ1v) is 10.6. The van der Waals surface area contributed by atoms with Crippen molar-refractivity contribution in [2.75, 3.05) is 68.0 Å². The minimum Gasteiger partial charge on any atom is -0.497 e. The second-order valence-corrected chi connectivity index (χ2v) is 7.90. The Labute approximate surface area is 173 Å². The molecule has 6 heteroatoms. The molecule has 154 valence electrons. The third kappa shape index (κ3) is 5.01. The summed E-state index contributed by atoms with van der Waals surface area (Å²) < 4.78 is 5.23. The van der Waals surface area contributed by atoms with Crippen molar-refractivity contribution >= 4 is 23.0 Å². The van der Waals surface area contributed by atoms with Gasteiger partial charge in [0.15, 0.2) is 6.54 Å². The van der Waals surface area contributed by atoms with Gasteiger partial charge in [-0.3, -0.25) is 4.79 Å². The van der Waals surface area contributed by atoms with Crippen molar-refractivity contribution in [2.45, 2.75) is 12.8 Å². The second-order valence-electron chi connectivity index (χ2n) is 7.90. The van der Waals surface area contributed by atoms with Gasteiger partial charge in [-0.15, -0.1) is 0 Å². The van der Waals surface area contributed by atoms with Gasteiger partial charge in [-0.2, -0.15) is 0 Å². The van der Waals surface area contributed by atoms with Crippen LogP contribution in [0.5, 0.6) is 5.75 Å². The molecule has 2 saturated heterocycles. The molecule has 0 aromatic heterocycles. The Morgan fingerprint density at radius 1 is 0.897 bits per heavy atom. The Morgan fingerprint density at radius 2 is 1.45 bits per heavy atom. The van der Waals surface area contributed by atoms with Gasteiger partial charge in [-0.1, -0.05) is 0 Å². The normalized spacial score (nSPS) is 17.4.